The zero-order chi connectivity index (χ0) is 20.6. The number of sulfonamides is 1. The van der Waals surface area contributed by atoms with E-state index in [1.54, 1.807) is 36.4 Å². The average Bonchev–Trinajstić information content (AvgIpc) is 3.08. The molecule has 0 saturated carbocycles. The molecule has 2 aromatic carbocycles. The Labute approximate surface area is 169 Å². The van der Waals surface area contributed by atoms with Crippen molar-refractivity contribution in [1.82, 2.24) is 9.29 Å². The van der Waals surface area contributed by atoms with Gasteiger partial charge < -0.3 is 5.11 Å². The van der Waals surface area contributed by atoms with Gasteiger partial charge in [-0.05, 0) is 35.4 Å². The molecule has 1 unspecified atom stereocenters. The van der Waals surface area contributed by atoms with Crippen LogP contribution in [0.3, 0.4) is 0 Å². The second kappa shape index (κ2) is 7.41. The summed E-state index contributed by atoms with van der Waals surface area (Å²) in [7, 11) is -2.46. The van der Waals surface area contributed by atoms with Gasteiger partial charge in [0, 0.05) is 19.0 Å². The Bertz CT molecular complexity index is 1200. The number of benzene rings is 2. The Morgan fingerprint density at radius 2 is 1.79 bits per heavy atom. The van der Waals surface area contributed by atoms with Gasteiger partial charge in [0.05, 0.1) is 29.5 Å². The van der Waals surface area contributed by atoms with Crippen LogP contribution in [0.4, 0.5) is 0 Å². The molecule has 0 aliphatic heterocycles. The molecule has 3 aromatic rings. The number of hydrogen-bond acceptors (Lipinski definition) is 5. The summed E-state index contributed by atoms with van der Waals surface area (Å²) in [5, 5.41) is 19.4. The minimum absolute atomic E-state index is 0.0848. The van der Waals surface area contributed by atoms with Crippen LogP contribution >= 0.6 is 0 Å². The summed E-state index contributed by atoms with van der Waals surface area (Å²) >= 11 is 0. The first kappa shape index (κ1) is 19.3. The van der Waals surface area contributed by atoms with Crippen molar-refractivity contribution in [3.8, 4) is 17.3 Å². The molecule has 1 aliphatic carbocycles. The fraction of sp³-hybridized carbons (Fsp3) is 0.182. The molecule has 1 N–H and O–H groups in total. The van der Waals surface area contributed by atoms with E-state index in [0.717, 1.165) is 16.7 Å². The number of nitrogens with zero attached hydrogens (tertiary/aromatic N) is 3. The van der Waals surface area contributed by atoms with Crippen molar-refractivity contribution < 1.29 is 13.5 Å². The highest BCUT2D eigenvalue weighted by atomic mass is 32.2. The third kappa shape index (κ3) is 3.42. The number of aliphatic hydroxyl groups excluding tert-OH is 1. The lowest BCUT2D eigenvalue weighted by Gasteiger charge is -2.27. The zero-order valence-electron chi connectivity index (χ0n) is 15.7. The Balaban J connectivity index is 1.70. The maximum Gasteiger partial charge on any atom is 0.260 e. The van der Waals surface area contributed by atoms with Crippen LogP contribution in [0.15, 0.2) is 71.8 Å². The van der Waals surface area contributed by atoms with Gasteiger partial charge in [-0.25, -0.2) is 13.4 Å². The van der Waals surface area contributed by atoms with E-state index < -0.39 is 22.2 Å². The third-order valence-corrected chi connectivity index (χ3v) is 6.98. The number of hydrogen-bond donors (Lipinski definition) is 1. The molecule has 0 saturated heterocycles. The molecule has 7 heteroatoms. The molecular formula is C22H19N3O3S. The van der Waals surface area contributed by atoms with E-state index >= 15 is 0 Å². The molecule has 0 spiro atoms. The number of fused-ring (bicyclic) bond motifs is 1. The number of aliphatic hydroxyl groups is 1. The van der Waals surface area contributed by atoms with Crippen LogP contribution in [-0.4, -0.2) is 36.0 Å². The zero-order valence-corrected chi connectivity index (χ0v) is 16.5. The van der Waals surface area contributed by atoms with Gasteiger partial charge in [0.2, 0.25) is 0 Å². The van der Waals surface area contributed by atoms with Crippen molar-refractivity contribution in [2.24, 2.45) is 0 Å². The molecule has 1 aliphatic rings. The van der Waals surface area contributed by atoms with E-state index in [-0.39, 0.29) is 5.03 Å². The van der Waals surface area contributed by atoms with E-state index in [2.05, 4.69) is 11.1 Å². The summed E-state index contributed by atoms with van der Waals surface area (Å²) < 4.78 is 27.7. The number of aromatic nitrogens is 1. The summed E-state index contributed by atoms with van der Waals surface area (Å²) in [5.41, 5.74) is 3.50. The van der Waals surface area contributed by atoms with Crippen LogP contribution in [0.25, 0.3) is 11.3 Å². The minimum atomic E-state index is -3.93. The van der Waals surface area contributed by atoms with Crippen LogP contribution in [0.2, 0.25) is 0 Å². The number of rotatable bonds is 4. The Kier molecular flexibility index (Phi) is 4.92. The van der Waals surface area contributed by atoms with Crippen molar-refractivity contribution >= 4 is 10.0 Å². The molecule has 4 rings (SSSR count). The minimum Gasteiger partial charge on any atom is -0.391 e. The molecular weight excluding hydrogens is 386 g/mol. The largest absolute Gasteiger partial charge is 0.391 e. The summed E-state index contributed by atoms with van der Waals surface area (Å²) in [6, 6.07) is 20.5. The Hall–Kier alpha value is -3.05. The monoisotopic (exact) mass is 405 g/mol. The van der Waals surface area contributed by atoms with Gasteiger partial charge in [-0.15, -0.1) is 0 Å². The molecule has 2 atom stereocenters. The van der Waals surface area contributed by atoms with Crippen LogP contribution < -0.4 is 0 Å². The van der Waals surface area contributed by atoms with Gasteiger partial charge in [0.1, 0.15) is 0 Å². The predicted octanol–water partition coefficient (Wildman–Crippen LogP) is 2.90. The van der Waals surface area contributed by atoms with Gasteiger partial charge in [0.25, 0.3) is 10.0 Å². The van der Waals surface area contributed by atoms with Gasteiger partial charge in [-0.1, -0.05) is 42.5 Å². The molecule has 146 valence electrons. The smallest absolute Gasteiger partial charge is 0.260 e. The second-order valence-electron chi connectivity index (χ2n) is 6.99. The summed E-state index contributed by atoms with van der Waals surface area (Å²) in [4.78, 5) is 4.35. The Morgan fingerprint density at radius 3 is 2.52 bits per heavy atom. The van der Waals surface area contributed by atoms with Gasteiger partial charge in [0.15, 0.2) is 5.03 Å². The summed E-state index contributed by atoms with van der Waals surface area (Å²) in [5.74, 6) is 0. The second-order valence-corrected chi connectivity index (χ2v) is 8.93. The summed E-state index contributed by atoms with van der Waals surface area (Å²) in [6.07, 6.45) is -0.395. The molecule has 29 heavy (non-hydrogen) atoms. The lowest BCUT2D eigenvalue weighted by Crippen LogP contribution is -2.36. The lowest BCUT2D eigenvalue weighted by molar-refractivity contribution is 0.113. The van der Waals surface area contributed by atoms with Crippen LogP contribution in [0, 0.1) is 11.3 Å². The maximum atomic E-state index is 13.3. The van der Waals surface area contributed by atoms with Crippen molar-refractivity contribution in [2.75, 3.05) is 7.05 Å². The molecule has 0 radical (unpaired) electrons. The van der Waals surface area contributed by atoms with E-state index in [9.17, 15) is 13.5 Å². The summed E-state index contributed by atoms with van der Waals surface area (Å²) in [6.45, 7) is 0. The van der Waals surface area contributed by atoms with Crippen molar-refractivity contribution in [3.63, 3.8) is 0 Å². The number of nitriles is 1. The number of likely N-dealkylation sites (N-methyl/N-ethyl adjacent to an activating group) is 1. The number of pyridine rings is 1. The fourth-order valence-electron chi connectivity index (χ4n) is 3.72. The Morgan fingerprint density at radius 1 is 1.07 bits per heavy atom. The van der Waals surface area contributed by atoms with E-state index in [1.165, 1.54) is 17.4 Å². The quantitative estimate of drug-likeness (QED) is 0.720. The molecule has 1 aromatic heterocycles. The van der Waals surface area contributed by atoms with E-state index in [0.29, 0.717) is 17.7 Å². The van der Waals surface area contributed by atoms with Gasteiger partial charge in [-0.2, -0.15) is 9.57 Å². The molecule has 6 nitrogen and oxygen atoms in total. The maximum absolute atomic E-state index is 13.3. The van der Waals surface area contributed by atoms with Crippen molar-refractivity contribution in [3.05, 3.63) is 83.4 Å². The van der Waals surface area contributed by atoms with E-state index in [4.69, 9.17) is 5.26 Å². The molecule has 0 amide bonds. The fourth-order valence-corrected chi connectivity index (χ4v) is 5.04. The van der Waals surface area contributed by atoms with Crippen LogP contribution in [0.1, 0.15) is 22.7 Å². The molecule has 1 heterocycles. The first-order valence-corrected chi connectivity index (χ1v) is 10.6. The standard InChI is InChI=1S/C22H19N3O3S/c1-25(22-18-6-3-2-5-17(18)13-20(22)26)29(27,28)21-8-4-7-19(24-21)16-11-9-15(14-23)10-12-16/h2-12,20,22,26H,13H2,1H3/t20?,22-/m0/s1. The normalized spacial score (nSPS) is 18.4. The molecule has 0 fully saturated rings. The van der Waals surface area contributed by atoms with Crippen molar-refractivity contribution in [1.29, 1.82) is 5.26 Å². The highest BCUT2D eigenvalue weighted by Crippen LogP contribution is 2.37. The third-order valence-electron chi connectivity index (χ3n) is 5.24. The van der Waals surface area contributed by atoms with Gasteiger partial charge in [-0.3, -0.25) is 0 Å². The van der Waals surface area contributed by atoms with Crippen LogP contribution in [0.5, 0.6) is 0 Å². The van der Waals surface area contributed by atoms with Crippen molar-refractivity contribution in [2.45, 2.75) is 23.6 Å². The van der Waals surface area contributed by atoms with Gasteiger partial charge >= 0.3 is 0 Å². The highest BCUT2D eigenvalue weighted by molar-refractivity contribution is 7.89. The first-order valence-electron chi connectivity index (χ1n) is 9.13. The predicted molar refractivity (Wildman–Crippen MR) is 108 cm³/mol. The molecule has 0 bridgehead atoms. The first-order chi connectivity index (χ1) is 13.9. The SMILES string of the molecule is CN([C@H]1c2ccccc2CC1O)S(=O)(=O)c1cccc(-c2ccc(C#N)cc2)n1. The average molecular weight is 405 g/mol. The highest BCUT2D eigenvalue weighted by Gasteiger charge is 2.39. The van der Waals surface area contributed by atoms with E-state index in [1.807, 2.05) is 24.3 Å². The van der Waals surface area contributed by atoms with Crippen LogP contribution in [-0.2, 0) is 16.4 Å². The topological polar surface area (TPSA) is 94.3 Å². The lowest BCUT2D eigenvalue weighted by atomic mass is 10.1.